The van der Waals surface area contributed by atoms with E-state index in [2.05, 4.69) is 15.0 Å². The molecule has 0 aromatic carbocycles. The monoisotopic (exact) mass is 308 g/mol. The van der Waals surface area contributed by atoms with Gasteiger partial charge in [0.15, 0.2) is 5.65 Å². The number of H-pyrrole nitrogens is 1. The van der Waals surface area contributed by atoms with Crippen molar-refractivity contribution in [1.82, 2.24) is 19.5 Å². The number of aromatic nitrogens is 4. The second-order valence-electron chi connectivity index (χ2n) is 4.53. The Morgan fingerprint density at radius 2 is 2.35 bits per heavy atom. The van der Waals surface area contributed by atoms with E-state index in [0.29, 0.717) is 18.8 Å². The highest BCUT2D eigenvalue weighted by Gasteiger charge is 2.14. The van der Waals surface area contributed by atoms with E-state index in [9.17, 15) is 4.79 Å². The van der Waals surface area contributed by atoms with E-state index in [-0.39, 0.29) is 4.87 Å². The van der Waals surface area contributed by atoms with Crippen LogP contribution in [-0.2, 0) is 13.0 Å². The number of hydrogen-bond donors (Lipinski definition) is 1. The summed E-state index contributed by atoms with van der Waals surface area (Å²) in [5.74, 6) is 1.39. The topological polar surface area (TPSA) is 63.6 Å². The van der Waals surface area contributed by atoms with Gasteiger partial charge >= 0.3 is 4.87 Å². The van der Waals surface area contributed by atoms with Crippen LogP contribution in [0.2, 0.25) is 0 Å². The van der Waals surface area contributed by atoms with Crippen molar-refractivity contribution < 1.29 is 0 Å². The minimum absolute atomic E-state index is 0.0487. The molecule has 0 fully saturated rings. The predicted molar refractivity (Wildman–Crippen MR) is 80.7 cm³/mol. The summed E-state index contributed by atoms with van der Waals surface area (Å²) in [6, 6.07) is 1.94. The van der Waals surface area contributed by atoms with Crippen molar-refractivity contribution in [2.24, 2.45) is 0 Å². The van der Waals surface area contributed by atoms with Crippen LogP contribution in [0, 0.1) is 6.92 Å². The number of halogens is 1. The Kier molecular flexibility index (Phi) is 3.58. The predicted octanol–water partition coefficient (Wildman–Crippen LogP) is 2.32. The first-order chi connectivity index (χ1) is 9.69. The normalized spacial score (nSPS) is 11.3. The Hall–Kier alpha value is -1.66. The van der Waals surface area contributed by atoms with E-state index in [1.807, 2.05) is 22.9 Å². The number of aryl methyl sites for hydroxylation is 2. The minimum atomic E-state index is -0.0487. The number of alkyl halides is 1. The molecule has 0 unspecified atom stereocenters. The molecule has 0 saturated heterocycles. The lowest BCUT2D eigenvalue weighted by atomic mass is 10.3. The number of thiazole rings is 1. The van der Waals surface area contributed by atoms with Crippen LogP contribution < -0.4 is 4.87 Å². The Balaban J connectivity index is 2.13. The molecule has 0 amide bonds. The lowest BCUT2D eigenvalue weighted by molar-refractivity contribution is 0.734. The molecule has 3 rings (SSSR count). The van der Waals surface area contributed by atoms with Crippen molar-refractivity contribution in [2.75, 3.05) is 5.88 Å². The highest BCUT2D eigenvalue weighted by atomic mass is 35.5. The number of imidazole rings is 1. The molecule has 0 saturated carbocycles. The summed E-state index contributed by atoms with van der Waals surface area (Å²) < 4.78 is 2.02. The maximum absolute atomic E-state index is 11.2. The average Bonchev–Trinajstić information content (AvgIpc) is 2.97. The zero-order valence-electron chi connectivity index (χ0n) is 10.9. The molecule has 0 spiro atoms. The quantitative estimate of drug-likeness (QED) is 0.752. The third kappa shape index (κ3) is 2.36. The fourth-order valence-corrected chi connectivity index (χ4v) is 2.93. The van der Waals surface area contributed by atoms with E-state index < -0.39 is 0 Å². The molecule has 1 N–H and O–H groups in total. The smallest absolute Gasteiger partial charge is 0.304 e. The van der Waals surface area contributed by atoms with Crippen molar-refractivity contribution >= 4 is 34.1 Å². The first kappa shape index (κ1) is 13.3. The molecule has 7 heteroatoms. The summed E-state index contributed by atoms with van der Waals surface area (Å²) in [4.78, 5) is 23.1. The van der Waals surface area contributed by atoms with E-state index in [1.165, 1.54) is 0 Å². The molecule has 0 radical (unpaired) electrons. The van der Waals surface area contributed by atoms with E-state index in [4.69, 9.17) is 11.6 Å². The van der Waals surface area contributed by atoms with Crippen molar-refractivity contribution in [3.8, 4) is 0 Å². The van der Waals surface area contributed by atoms with E-state index in [1.54, 1.807) is 6.20 Å². The summed E-state index contributed by atoms with van der Waals surface area (Å²) >= 11 is 7.02. The molecule has 3 aromatic rings. The number of hydrogen-bond acceptors (Lipinski definition) is 4. The summed E-state index contributed by atoms with van der Waals surface area (Å²) in [6.07, 6.45) is 2.45. The number of rotatable bonds is 4. The molecule has 20 heavy (non-hydrogen) atoms. The molecule has 3 heterocycles. The van der Waals surface area contributed by atoms with Gasteiger partial charge < -0.3 is 9.55 Å². The molecular weight excluding hydrogens is 296 g/mol. The largest absolute Gasteiger partial charge is 0.315 e. The van der Waals surface area contributed by atoms with Crippen LogP contribution in [0.25, 0.3) is 11.2 Å². The van der Waals surface area contributed by atoms with Crippen molar-refractivity contribution in [1.29, 1.82) is 0 Å². The zero-order valence-corrected chi connectivity index (χ0v) is 12.5. The molecule has 5 nitrogen and oxygen atoms in total. The molecule has 104 valence electrons. The lowest BCUT2D eigenvalue weighted by Gasteiger charge is -2.06. The summed E-state index contributed by atoms with van der Waals surface area (Å²) in [5, 5.41) is 1.83. The fraction of sp³-hybridized carbons (Fsp3) is 0.308. The van der Waals surface area contributed by atoms with Gasteiger partial charge in [-0.1, -0.05) is 11.3 Å². The van der Waals surface area contributed by atoms with Crippen LogP contribution in [0.5, 0.6) is 0 Å². The third-order valence-corrected chi connectivity index (χ3v) is 4.04. The standard InChI is InChI=1S/C13H13ClN4OS/c1-8-3-5-15-12-11(8)17-10(2-4-14)18(12)6-9-7-20-13(19)16-9/h3,5,7H,2,4,6H2,1H3,(H,16,19). The summed E-state index contributed by atoms with van der Waals surface area (Å²) in [6.45, 7) is 2.57. The molecule has 0 aliphatic rings. The summed E-state index contributed by atoms with van der Waals surface area (Å²) in [7, 11) is 0. The van der Waals surface area contributed by atoms with Gasteiger partial charge in [0.05, 0.1) is 6.54 Å². The number of pyridine rings is 1. The van der Waals surface area contributed by atoms with E-state index in [0.717, 1.165) is 39.6 Å². The number of aromatic amines is 1. The maximum atomic E-state index is 11.2. The first-order valence-corrected chi connectivity index (χ1v) is 7.64. The third-order valence-electron chi connectivity index (χ3n) is 3.13. The van der Waals surface area contributed by atoms with Crippen molar-refractivity contribution in [2.45, 2.75) is 19.9 Å². The SMILES string of the molecule is Cc1ccnc2c1nc(CCCl)n2Cc1csc(=O)[nH]1. The van der Waals surface area contributed by atoms with Crippen molar-refractivity contribution in [3.05, 3.63) is 44.4 Å². The Morgan fingerprint density at radius 3 is 3.05 bits per heavy atom. The Labute approximate surface area is 124 Å². The second-order valence-corrected chi connectivity index (χ2v) is 5.75. The highest BCUT2D eigenvalue weighted by molar-refractivity contribution is 7.07. The van der Waals surface area contributed by atoms with Crippen LogP contribution in [-0.4, -0.2) is 25.4 Å². The van der Waals surface area contributed by atoms with Gasteiger partial charge in [0.1, 0.15) is 11.3 Å². The first-order valence-electron chi connectivity index (χ1n) is 6.22. The highest BCUT2D eigenvalue weighted by Crippen LogP contribution is 2.19. The van der Waals surface area contributed by atoms with Crippen LogP contribution >= 0.6 is 22.9 Å². The summed E-state index contributed by atoms with van der Waals surface area (Å²) in [5.41, 5.74) is 3.67. The van der Waals surface area contributed by atoms with Crippen LogP contribution in [0.15, 0.2) is 22.4 Å². The molecule has 0 aliphatic heterocycles. The Morgan fingerprint density at radius 1 is 1.50 bits per heavy atom. The number of fused-ring (bicyclic) bond motifs is 1. The van der Waals surface area contributed by atoms with Gasteiger partial charge in [-0.15, -0.1) is 11.6 Å². The van der Waals surface area contributed by atoms with Gasteiger partial charge in [-0.25, -0.2) is 9.97 Å². The van der Waals surface area contributed by atoms with Crippen LogP contribution in [0.4, 0.5) is 0 Å². The molecule has 0 aliphatic carbocycles. The van der Waals surface area contributed by atoms with Gasteiger partial charge in [-0.05, 0) is 18.6 Å². The van der Waals surface area contributed by atoms with Gasteiger partial charge in [0.2, 0.25) is 0 Å². The van der Waals surface area contributed by atoms with Crippen molar-refractivity contribution in [3.63, 3.8) is 0 Å². The van der Waals surface area contributed by atoms with Gasteiger partial charge in [-0.3, -0.25) is 4.79 Å². The number of nitrogens with zero attached hydrogens (tertiary/aromatic N) is 3. The second kappa shape index (κ2) is 5.38. The Bertz CT molecular complexity index is 804. The molecule has 3 aromatic heterocycles. The molecular formula is C13H13ClN4OS. The molecule has 0 bridgehead atoms. The molecule has 0 atom stereocenters. The van der Waals surface area contributed by atoms with Gasteiger partial charge in [-0.2, -0.15) is 0 Å². The van der Waals surface area contributed by atoms with E-state index >= 15 is 0 Å². The minimum Gasteiger partial charge on any atom is -0.315 e. The zero-order chi connectivity index (χ0) is 14.1. The maximum Gasteiger partial charge on any atom is 0.304 e. The van der Waals surface area contributed by atoms with Gasteiger partial charge in [0.25, 0.3) is 0 Å². The van der Waals surface area contributed by atoms with Crippen LogP contribution in [0.3, 0.4) is 0 Å². The fourth-order valence-electron chi connectivity index (χ4n) is 2.19. The number of nitrogens with one attached hydrogen (secondary N) is 1. The van der Waals surface area contributed by atoms with Gasteiger partial charge in [0, 0.05) is 29.6 Å². The van der Waals surface area contributed by atoms with Crippen LogP contribution in [0.1, 0.15) is 17.1 Å². The average molecular weight is 309 g/mol. The lowest BCUT2D eigenvalue weighted by Crippen LogP contribution is -2.08.